The number of hydrogen-bond donors (Lipinski definition) is 2. The van der Waals surface area contributed by atoms with E-state index in [0.29, 0.717) is 12.1 Å². The third kappa shape index (κ3) is 4.20. The minimum Gasteiger partial charge on any atom is -0.481 e. The number of nitrogens with one attached hydrogen (secondary N) is 1. The lowest BCUT2D eigenvalue weighted by Crippen LogP contribution is -2.43. The number of hydrogen-bond acceptors (Lipinski definition) is 2. The van der Waals surface area contributed by atoms with Crippen LogP contribution in [0.15, 0.2) is 0 Å². The quantitative estimate of drug-likeness (QED) is 0.773. The molecular weight excluding hydrogens is 238 g/mol. The van der Waals surface area contributed by atoms with E-state index in [0.717, 1.165) is 31.6 Å². The van der Waals surface area contributed by atoms with Gasteiger partial charge in [0.05, 0.1) is 5.92 Å². The van der Waals surface area contributed by atoms with E-state index in [2.05, 4.69) is 12.2 Å². The van der Waals surface area contributed by atoms with Crippen LogP contribution in [0.3, 0.4) is 0 Å². The maximum absolute atomic E-state index is 11.0. The van der Waals surface area contributed by atoms with Crippen molar-refractivity contribution < 1.29 is 9.90 Å². The highest BCUT2D eigenvalue weighted by Crippen LogP contribution is 2.32. The van der Waals surface area contributed by atoms with Gasteiger partial charge in [-0.1, -0.05) is 26.2 Å². The fraction of sp³-hybridized carbons (Fsp3) is 0.938. The van der Waals surface area contributed by atoms with Gasteiger partial charge in [0.2, 0.25) is 0 Å². The summed E-state index contributed by atoms with van der Waals surface area (Å²) in [4.78, 5) is 11.0. The van der Waals surface area contributed by atoms with Crippen LogP contribution < -0.4 is 5.32 Å². The summed E-state index contributed by atoms with van der Waals surface area (Å²) in [6.07, 6.45) is 11.9. The van der Waals surface area contributed by atoms with Gasteiger partial charge in [0, 0.05) is 12.1 Å². The van der Waals surface area contributed by atoms with Crippen LogP contribution in [0.2, 0.25) is 0 Å². The summed E-state index contributed by atoms with van der Waals surface area (Å²) in [5.74, 6) is 0.190. The molecule has 19 heavy (non-hydrogen) atoms. The van der Waals surface area contributed by atoms with Crippen molar-refractivity contribution in [2.75, 3.05) is 0 Å². The largest absolute Gasteiger partial charge is 0.481 e. The molecule has 2 N–H and O–H groups in total. The molecule has 0 heterocycles. The van der Waals surface area contributed by atoms with Crippen LogP contribution in [0.4, 0.5) is 0 Å². The second-order valence-electron chi connectivity index (χ2n) is 6.49. The lowest BCUT2D eigenvalue weighted by molar-refractivity contribution is -0.142. The standard InChI is InChI=1S/C16H29NO2/c1-2-3-5-12-6-4-7-15(12)17-14-10-8-13(9-11-14)16(18)19/h12-15,17H,2-11H2,1H3,(H,18,19). The Hall–Kier alpha value is -0.570. The summed E-state index contributed by atoms with van der Waals surface area (Å²) < 4.78 is 0. The Morgan fingerprint density at radius 3 is 2.53 bits per heavy atom. The van der Waals surface area contributed by atoms with Crippen molar-refractivity contribution in [1.82, 2.24) is 5.32 Å². The molecule has 0 amide bonds. The van der Waals surface area contributed by atoms with Crippen LogP contribution in [-0.2, 0) is 4.79 Å². The Morgan fingerprint density at radius 1 is 1.16 bits per heavy atom. The van der Waals surface area contributed by atoms with E-state index >= 15 is 0 Å². The van der Waals surface area contributed by atoms with E-state index in [4.69, 9.17) is 5.11 Å². The Kier molecular flexibility index (Phi) is 5.68. The van der Waals surface area contributed by atoms with Crippen molar-refractivity contribution >= 4 is 5.97 Å². The number of carboxylic acids is 1. The van der Waals surface area contributed by atoms with Gasteiger partial charge in [-0.25, -0.2) is 0 Å². The Labute approximate surface area is 117 Å². The molecule has 0 aromatic carbocycles. The highest BCUT2D eigenvalue weighted by molar-refractivity contribution is 5.70. The van der Waals surface area contributed by atoms with Crippen LogP contribution in [0.25, 0.3) is 0 Å². The monoisotopic (exact) mass is 267 g/mol. The van der Waals surface area contributed by atoms with Crippen molar-refractivity contribution in [2.24, 2.45) is 11.8 Å². The molecule has 0 aromatic rings. The molecule has 0 radical (unpaired) electrons. The van der Waals surface area contributed by atoms with Crippen LogP contribution in [-0.4, -0.2) is 23.2 Å². The van der Waals surface area contributed by atoms with Gasteiger partial charge in [-0.15, -0.1) is 0 Å². The third-order valence-electron chi connectivity index (χ3n) is 5.11. The molecule has 0 bridgehead atoms. The van der Waals surface area contributed by atoms with Gasteiger partial charge in [0.25, 0.3) is 0 Å². The van der Waals surface area contributed by atoms with Gasteiger partial charge >= 0.3 is 5.97 Å². The van der Waals surface area contributed by atoms with Crippen LogP contribution in [0, 0.1) is 11.8 Å². The van der Waals surface area contributed by atoms with E-state index in [1.54, 1.807) is 0 Å². The molecule has 3 heteroatoms. The second kappa shape index (κ2) is 7.28. The molecule has 2 unspecified atom stereocenters. The second-order valence-corrected chi connectivity index (χ2v) is 6.49. The van der Waals surface area contributed by atoms with Crippen molar-refractivity contribution in [3.63, 3.8) is 0 Å². The van der Waals surface area contributed by atoms with Gasteiger partial charge in [0.15, 0.2) is 0 Å². The minimum atomic E-state index is -0.597. The first-order valence-corrected chi connectivity index (χ1v) is 8.19. The smallest absolute Gasteiger partial charge is 0.306 e. The topological polar surface area (TPSA) is 49.3 Å². The Morgan fingerprint density at radius 2 is 1.89 bits per heavy atom. The highest BCUT2D eigenvalue weighted by atomic mass is 16.4. The predicted octanol–water partition coefficient (Wildman–Crippen LogP) is 3.58. The first-order valence-electron chi connectivity index (χ1n) is 8.19. The normalized spacial score (nSPS) is 35.4. The summed E-state index contributed by atoms with van der Waals surface area (Å²) in [5, 5.41) is 12.9. The molecule has 0 saturated heterocycles. The van der Waals surface area contributed by atoms with Gasteiger partial charge in [-0.2, -0.15) is 0 Å². The molecule has 2 aliphatic rings. The first kappa shape index (κ1) is 14.8. The summed E-state index contributed by atoms with van der Waals surface area (Å²) in [6.45, 7) is 2.27. The maximum atomic E-state index is 11.0. The first-order chi connectivity index (χ1) is 9.20. The molecule has 2 aliphatic carbocycles. The average Bonchev–Trinajstić information content (AvgIpc) is 2.84. The number of carboxylic acid groups (broad SMARTS) is 1. The van der Waals surface area contributed by atoms with Crippen LogP contribution >= 0.6 is 0 Å². The number of unbranched alkanes of at least 4 members (excludes halogenated alkanes) is 1. The van der Waals surface area contributed by atoms with E-state index in [1.807, 2.05) is 0 Å². The van der Waals surface area contributed by atoms with Crippen molar-refractivity contribution in [2.45, 2.75) is 83.2 Å². The van der Waals surface area contributed by atoms with E-state index in [9.17, 15) is 4.79 Å². The summed E-state index contributed by atoms with van der Waals surface area (Å²) in [5.41, 5.74) is 0. The third-order valence-corrected chi connectivity index (χ3v) is 5.11. The minimum absolute atomic E-state index is 0.0856. The van der Waals surface area contributed by atoms with Crippen LogP contribution in [0.1, 0.15) is 71.1 Å². The lowest BCUT2D eigenvalue weighted by atomic mass is 9.85. The zero-order chi connectivity index (χ0) is 13.7. The van der Waals surface area contributed by atoms with Gasteiger partial charge in [-0.3, -0.25) is 4.79 Å². The average molecular weight is 267 g/mol. The van der Waals surface area contributed by atoms with E-state index < -0.39 is 5.97 Å². The molecule has 110 valence electrons. The van der Waals surface area contributed by atoms with Gasteiger partial charge in [-0.05, 0) is 50.9 Å². The summed E-state index contributed by atoms with van der Waals surface area (Å²) >= 11 is 0. The fourth-order valence-electron chi connectivity index (χ4n) is 3.88. The SMILES string of the molecule is CCCCC1CCCC1NC1CCC(C(=O)O)CC1. The summed E-state index contributed by atoms with van der Waals surface area (Å²) in [7, 11) is 0. The van der Waals surface area contributed by atoms with E-state index in [1.165, 1.54) is 38.5 Å². The molecule has 0 aliphatic heterocycles. The number of rotatable bonds is 6. The predicted molar refractivity (Wildman–Crippen MR) is 77.2 cm³/mol. The molecule has 0 spiro atoms. The molecular formula is C16H29NO2. The Bertz CT molecular complexity index is 284. The Balaban J connectivity index is 1.73. The zero-order valence-electron chi connectivity index (χ0n) is 12.2. The fourth-order valence-corrected chi connectivity index (χ4v) is 3.88. The van der Waals surface area contributed by atoms with Crippen molar-refractivity contribution in [1.29, 1.82) is 0 Å². The molecule has 3 nitrogen and oxygen atoms in total. The van der Waals surface area contributed by atoms with Crippen molar-refractivity contribution in [3.8, 4) is 0 Å². The van der Waals surface area contributed by atoms with Crippen molar-refractivity contribution in [3.05, 3.63) is 0 Å². The zero-order valence-corrected chi connectivity index (χ0v) is 12.2. The molecule has 2 saturated carbocycles. The molecule has 0 aromatic heterocycles. The molecule has 2 fully saturated rings. The number of aliphatic carboxylic acids is 1. The number of carbonyl (C=O) groups is 1. The van der Waals surface area contributed by atoms with E-state index in [-0.39, 0.29) is 5.92 Å². The summed E-state index contributed by atoms with van der Waals surface area (Å²) in [6, 6.07) is 1.28. The van der Waals surface area contributed by atoms with Gasteiger partial charge < -0.3 is 10.4 Å². The lowest BCUT2D eigenvalue weighted by Gasteiger charge is -2.31. The highest BCUT2D eigenvalue weighted by Gasteiger charge is 2.31. The molecule has 2 atom stereocenters. The maximum Gasteiger partial charge on any atom is 0.306 e. The molecule has 2 rings (SSSR count). The van der Waals surface area contributed by atoms with Crippen LogP contribution in [0.5, 0.6) is 0 Å². The van der Waals surface area contributed by atoms with Gasteiger partial charge in [0.1, 0.15) is 0 Å².